The number of nitrogens with zero attached hydrogens (tertiary/aromatic N) is 4. The lowest BCUT2D eigenvalue weighted by Crippen LogP contribution is -2.02. The smallest absolute Gasteiger partial charge is 0.183 e. The van der Waals surface area contributed by atoms with E-state index in [1.54, 1.807) is 12.3 Å². The van der Waals surface area contributed by atoms with Crippen molar-refractivity contribution in [3.05, 3.63) is 48.4 Å². The fourth-order valence-corrected chi connectivity index (χ4v) is 1.79. The van der Waals surface area contributed by atoms with E-state index in [0.29, 0.717) is 11.6 Å². The summed E-state index contributed by atoms with van der Waals surface area (Å²) in [5, 5.41) is 15.7. The average Bonchev–Trinajstić information content (AvgIpc) is 3.03. The molecule has 7 nitrogen and oxygen atoms in total. The standard InChI is InChI=1S/C14H10N6O/c15-7-11-14(20-13(16)8-17-11)19-10-3-1-9(2-4-10)12-5-6-18-21-12/h1-6,8H,(H3,16,19,20). The van der Waals surface area contributed by atoms with Crippen molar-refractivity contribution in [2.75, 3.05) is 11.1 Å². The Kier molecular flexibility index (Phi) is 3.19. The fourth-order valence-electron chi connectivity index (χ4n) is 1.79. The Labute approximate surface area is 120 Å². The molecule has 3 aromatic rings. The van der Waals surface area contributed by atoms with Crippen LogP contribution in [-0.2, 0) is 0 Å². The van der Waals surface area contributed by atoms with Crippen molar-refractivity contribution in [1.82, 2.24) is 15.1 Å². The zero-order valence-electron chi connectivity index (χ0n) is 10.8. The van der Waals surface area contributed by atoms with Crippen molar-refractivity contribution in [2.45, 2.75) is 0 Å². The number of benzene rings is 1. The first kappa shape index (κ1) is 12.6. The summed E-state index contributed by atoms with van der Waals surface area (Å²) in [5.74, 6) is 1.25. The molecule has 0 aliphatic carbocycles. The number of nitrogens with one attached hydrogen (secondary N) is 1. The predicted molar refractivity (Wildman–Crippen MR) is 76.4 cm³/mol. The summed E-state index contributed by atoms with van der Waals surface area (Å²) in [4.78, 5) is 7.98. The average molecular weight is 278 g/mol. The van der Waals surface area contributed by atoms with Gasteiger partial charge < -0.3 is 15.6 Å². The van der Waals surface area contributed by atoms with Crippen LogP contribution in [0.25, 0.3) is 11.3 Å². The Hall–Kier alpha value is -3.40. The predicted octanol–water partition coefficient (Wildman–Crippen LogP) is 2.33. The van der Waals surface area contributed by atoms with Crippen LogP contribution in [0, 0.1) is 11.3 Å². The van der Waals surface area contributed by atoms with E-state index >= 15 is 0 Å². The van der Waals surface area contributed by atoms with Gasteiger partial charge >= 0.3 is 0 Å². The molecule has 0 unspecified atom stereocenters. The Bertz CT molecular complexity index is 789. The summed E-state index contributed by atoms with van der Waals surface area (Å²) in [7, 11) is 0. The molecule has 0 aliphatic rings. The minimum absolute atomic E-state index is 0.184. The number of rotatable bonds is 3. The largest absolute Gasteiger partial charge is 0.382 e. The highest BCUT2D eigenvalue weighted by atomic mass is 16.5. The molecule has 21 heavy (non-hydrogen) atoms. The van der Waals surface area contributed by atoms with Gasteiger partial charge in [0.15, 0.2) is 17.3 Å². The van der Waals surface area contributed by atoms with E-state index in [-0.39, 0.29) is 11.5 Å². The number of nitrogen functional groups attached to an aromatic ring is 1. The second kappa shape index (κ2) is 5.30. The maximum atomic E-state index is 9.00. The van der Waals surface area contributed by atoms with Crippen LogP contribution in [0.5, 0.6) is 0 Å². The normalized spacial score (nSPS) is 10.0. The number of nitrogens with two attached hydrogens (primary N) is 1. The van der Waals surface area contributed by atoms with Crippen molar-refractivity contribution >= 4 is 17.3 Å². The van der Waals surface area contributed by atoms with Crippen molar-refractivity contribution < 1.29 is 4.52 Å². The molecule has 1 aromatic carbocycles. The van der Waals surface area contributed by atoms with E-state index in [1.807, 2.05) is 30.3 Å². The van der Waals surface area contributed by atoms with Gasteiger partial charge in [-0.3, -0.25) is 0 Å². The van der Waals surface area contributed by atoms with Crippen molar-refractivity contribution in [1.29, 1.82) is 5.26 Å². The van der Waals surface area contributed by atoms with Crippen molar-refractivity contribution in [2.24, 2.45) is 0 Å². The third-order valence-corrected chi connectivity index (χ3v) is 2.77. The van der Waals surface area contributed by atoms with E-state index in [4.69, 9.17) is 15.5 Å². The van der Waals surface area contributed by atoms with Crippen LogP contribution in [0.1, 0.15) is 5.69 Å². The molecule has 0 saturated carbocycles. The summed E-state index contributed by atoms with van der Waals surface area (Å²) in [6, 6.07) is 11.2. The van der Waals surface area contributed by atoms with Gasteiger partial charge in [-0.2, -0.15) is 5.26 Å². The van der Waals surface area contributed by atoms with Gasteiger partial charge in [0.25, 0.3) is 0 Å². The van der Waals surface area contributed by atoms with Gasteiger partial charge in [-0.15, -0.1) is 0 Å². The minimum atomic E-state index is 0.184. The van der Waals surface area contributed by atoms with Gasteiger partial charge in [0.05, 0.1) is 12.4 Å². The van der Waals surface area contributed by atoms with Crippen LogP contribution in [0.3, 0.4) is 0 Å². The highest BCUT2D eigenvalue weighted by molar-refractivity contribution is 5.66. The van der Waals surface area contributed by atoms with E-state index in [1.165, 1.54) is 6.20 Å². The number of nitriles is 1. The summed E-state index contributed by atoms with van der Waals surface area (Å²) in [6.07, 6.45) is 2.93. The zero-order valence-corrected chi connectivity index (χ0v) is 10.8. The Morgan fingerprint density at radius 2 is 2.00 bits per heavy atom. The first-order valence-corrected chi connectivity index (χ1v) is 6.07. The third kappa shape index (κ3) is 2.64. The van der Waals surface area contributed by atoms with Crippen LogP contribution < -0.4 is 11.1 Å². The fraction of sp³-hybridized carbons (Fsp3) is 0. The molecule has 3 rings (SSSR count). The lowest BCUT2D eigenvalue weighted by molar-refractivity contribution is 0.432. The number of anilines is 3. The Morgan fingerprint density at radius 1 is 1.19 bits per heavy atom. The van der Waals surface area contributed by atoms with Crippen LogP contribution in [0.2, 0.25) is 0 Å². The van der Waals surface area contributed by atoms with Gasteiger partial charge in [0.2, 0.25) is 0 Å². The highest BCUT2D eigenvalue weighted by Crippen LogP contribution is 2.23. The molecular formula is C14H10N6O. The SMILES string of the molecule is N#Cc1ncc(N)nc1Nc1ccc(-c2ccno2)cc1. The first-order valence-electron chi connectivity index (χ1n) is 6.07. The molecule has 0 saturated heterocycles. The Morgan fingerprint density at radius 3 is 2.67 bits per heavy atom. The summed E-state index contributed by atoms with van der Waals surface area (Å²) in [6.45, 7) is 0. The van der Waals surface area contributed by atoms with E-state index in [0.717, 1.165) is 11.3 Å². The lowest BCUT2D eigenvalue weighted by Gasteiger charge is -2.07. The van der Waals surface area contributed by atoms with Crippen molar-refractivity contribution in [3.8, 4) is 17.4 Å². The third-order valence-electron chi connectivity index (χ3n) is 2.77. The first-order chi connectivity index (χ1) is 10.3. The summed E-state index contributed by atoms with van der Waals surface area (Å²) < 4.78 is 5.08. The highest BCUT2D eigenvalue weighted by Gasteiger charge is 2.07. The molecule has 0 spiro atoms. The molecule has 0 amide bonds. The molecule has 2 heterocycles. The second-order valence-electron chi connectivity index (χ2n) is 4.18. The molecule has 7 heteroatoms. The minimum Gasteiger partial charge on any atom is -0.382 e. The quantitative estimate of drug-likeness (QED) is 0.755. The molecule has 0 atom stereocenters. The molecule has 0 radical (unpaired) electrons. The zero-order chi connectivity index (χ0) is 14.7. The van der Waals surface area contributed by atoms with E-state index in [9.17, 15) is 0 Å². The van der Waals surface area contributed by atoms with Gasteiger partial charge in [-0.25, -0.2) is 9.97 Å². The lowest BCUT2D eigenvalue weighted by atomic mass is 10.1. The summed E-state index contributed by atoms with van der Waals surface area (Å²) >= 11 is 0. The van der Waals surface area contributed by atoms with Gasteiger partial charge in [0.1, 0.15) is 11.9 Å². The second-order valence-corrected chi connectivity index (χ2v) is 4.18. The Balaban J connectivity index is 1.86. The van der Waals surface area contributed by atoms with Crippen LogP contribution in [0.15, 0.2) is 47.2 Å². The molecule has 3 N–H and O–H groups in total. The topological polar surface area (TPSA) is 114 Å². The number of hydrogen-bond donors (Lipinski definition) is 2. The summed E-state index contributed by atoms with van der Waals surface area (Å²) in [5.41, 5.74) is 7.42. The van der Waals surface area contributed by atoms with E-state index < -0.39 is 0 Å². The van der Waals surface area contributed by atoms with Crippen LogP contribution >= 0.6 is 0 Å². The van der Waals surface area contributed by atoms with Crippen LogP contribution in [-0.4, -0.2) is 15.1 Å². The number of hydrogen-bond acceptors (Lipinski definition) is 7. The monoisotopic (exact) mass is 278 g/mol. The van der Waals surface area contributed by atoms with Gasteiger partial charge in [-0.1, -0.05) is 5.16 Å². The molecule has 2 aromatic heterocycles. The van der Waals surface area contributed by atoms with Gasteiger partial charge in [-0.05, 0) is 24.3 Å². The van der Waals surface area contributed by atoms with Crippen molar-refractivity contribution in [3.63, 3.8) is 0 Å². The van der Waals surface area contributed by atoms with E-state index in [2.05, 4.69) is 20.4 Å². The molecule has 0 bridgehead atoms. The molecule has 102 valence electrons. The molecule has 0 aliphatic heterocycles. The maximum Gasteiger partial charge on any atom is 0.183 e. The number of aromatic nitrogens is 3. The van der Waals surface area contributed by atoms with Gasteiger partial charge in [0, 0.05) is 17.3 Å². The molecular weight excluding hydrogens is 268 g/mol. The van der Waals surface area contributed by atoms with Crippen LogP contribution in [0.4, 0.5) is 17.3 Å². The molecule has 0 fully saturated rings. The maximum absolute atomic E-state index is 9.00.